The number of carbonyl (C=O) groups excluding carboxylic acids is 3. The van der Waals surface area contributed by atoms with Gasteiger partial charge in [0.15, 0.2) is 0 Å². The quantitative estimate of drug-likeness (QED) is 0.477. The van der Waals surface area contributed by atoms with Crippen LogP contribution in [0.1, 0.15) is 5.56 Å². The van der Waals surface area contributed by atoms with Gasteiger partial charge in [0.2, 0.25) is 0 Å². The molecule has 6 nitrogen and oxygen atoms in total. The van der Waals surface area contributed by atoms with Crippen LogP contribution in [0.5, 0.6) is 5.75 Å². The summed E-state index contributed by atoms with van der Waals surface area (Å²) in [6.45, 7) is 0. The molecule has 0 radical (unpaired) electrons. The predicted molar refractivity (Wildman–Crippen MR) is 104 cm³/mol. The zero-order valence-electron chi connectivity index (χ0n) is 12.8. The zero-order valence-corrected chi connectivity index (χ0v) is 16.7. The molecular weight excluding hydrogens is 491 g/mol. The fourth-order valence-electron chi connectivity index (χ4n) is 2.32. The lowest BCUT2D eigenvalue weighted by atomic mass is 10.1. The molecule has 9 heteroatoms. The van der Waals surface area contributed by atoms with Crippen LogP contribution in [-0.4, -0.2) is 23.0 Å². The molecule has 2 N–H and O–H groups in total. The largest absolute Gasteiger partial charge is 0.506 e. The van der Waals surface area contributed by atoms with Crippen LogP contribution in [0.15, 0.2) is 50.9 Å². The summed E-state index contributed by atoms with van der Waals surface area (Å²) in [4.78, 5) is 37.9. The fourth-order valence-corrected chi connectivity index (χ4v) is 3.67. The average molecular weight is 501 g/mol. The minimum atomic E-state index is -0.840. The van der Waals surface area contributed by atoms with Crippen molar-refractivity contribution in [2.45, 2.75) is 0 Å². The Morgan fingerprint density at radius 1 is 1.04 bits per heavy atom. The van der Waals surface area contributed by atoms with Gasteiger partial charge in [-0.3, -0.25) is 14.9 Å². The van der Waals surface area contributed by atoms with Crippen LogP contribution in [0.2, 0.25) is 5.02 Å². The molecule has 0 aliphatic carbocycles. The Kier molecular flexibility index (Phi) is 5.17. The molecule has 132 valence electrons. The first-order valence-electron chi connectivity index (χ1n) is 7.13. The van der Waals surface area contributed by atoms with Crippen LogP contribution < -0.4 is 10.2 Å². The summed E-state index contributed by atoms with van der Waals surface area (Å²) in [7, 11) is 0. The van der Waals surface area contributed by atoms with Crippen molar-refractivity contribution >= 4 is 73.1 Å². The number of imide groups is 2. The molecule has 3 rings (SSSR count). The number of benzene rings is 2. The Morgan fingerprint density at radius 3 is 2.19 bits per heavy atom. The molecule has 1 aliphatic heterocycles. The summed E-state index contributed by atoms with van der Waals surface area (Å²) in [5, 5.41) is 12.3. The van der Waals surface area contributed by atoms with E-state index >= 15 is 0 Å². The number of amides is 4. The van der Waals surface area contributed by atoms with Gasteiger partial charge in [-0.05, 0) is 79.9 Å². The number of nitrogens with one attached hydrogen (secondary N) is 1. The highest BCUT2D eigenvalue weighted by Gasteiger charge is 2.36. The highest BCUT2D eigenvalue weighted by atomic mass is 79.9. The van der Waals surface area contributed by atoms with Gasteiger partial charge in [0.25, 0.3) is 11.8 Å². The van der Waals surface area contributed by atoms with Crippen molar-refractivity contribution < 1.29 is 19.5 Å². The first-order valence-corrected chi connectivity index (χ1v) is 9.09. The Balaban J connectivity index is 2.04. The number of phenols is 1. The zero-order chi connectivity index (χ0) is 19.0. The lowest BCUT2D eigenvalue weighted by Crippen LogP contribution is -2.54. The number of anilines is 1. The summed E-state index contributed by atoms with van der Waals surface area (Å²) in [5.74, 6) is -1.57. The molecule has 1 fully saturated rings. The van der Waals surface area contributed by atoms with Gasteiger partial charge in [-0.2, -0.15) is 0 Å². The lowest BCUT2D eigenvalue weighted by Gasteiger charge is -2.26. The van der Waals surface area contributed by atoms with Crippen molar-refractivity contribution in [3.63, 3.8) is 0 Å². The highest BCUT2D eigenvalue weighted by molar-refractivity contribution is 9.11. The Bertz CT molecular complexity index is 950. The third-order valence-electron chi connectivity index (χ3n) is 3.54. The van der Waals surface area contributed by atoms with Gasteiger partial charge >= 0.3 is 6.03 Å². The molecule has 2 aromatic rings. The van der Waals surface area contributed by atoms with E-state index in [1.807, 2.05) is 0 Å². The number of halogens is 3. The number of urea groups is 1. The monoisotopic (exact) mass is 498 g/mol. The van der Waals surface area contributed by atoms with Gasteiger partial charge in [-0.15, -0.1) is 0 Å². The van der Waals surface area contributed by atoms with Crippen LogP contribution >= 0.6 is 43.5 Å². The van der Waals surface area contributed by atoms with Crippen LogP contribution in [0, 0.1) is 0 Å². The number of hydrogen-bond donors (Lipinski definition) is 2. The second-order valence-electron chi connectivity index (χ2n) is 5.27. The molecule has 1 heterocycles. The summed E-state index contributed by atoms with van der Waals surface area (Å²) in [5.41, 5.74) is 0.540. The SMILES string of the molecule is O=C1NC(=O)N(c2ccc(Cl)cc2)C(=O)/C1=C/c1cc(Br)c(O)c(Br)c1. The molecule has 0 unspecified atom stereocenters. The van der Waals surface area contributed by atoms with E-state index < -0.39 is 17.8 Å². The molecule has 0 bridgehead atoms. The molecule has 1 aliphatic rings. The minimum absolute atomic E-state index is 0.00968. The van der Waals surface area contributed by atoms with E-state index in [-0.39, 0.29) is 17.0 Å². The summed E-state index contributed by atoms with van der Waals surface area (Å²) in [6, 6.07) is 8.30. The Labute approximate surface area is 169 Å². The number of nitrogens with zero attached hydrogens (tertiary/aromatic N) is 1. The summed E-state index contributed by atoms with van der Waals surface area (Å²) < 4.78 is 0.765. The fraction of sp³-hybridized carbons (Fsp3) is 0. The van der Waals surface area contributed by atoms with E-state index in [4.69, 9.17) is 11.6 Å². The molecule has 0 saturated carbocycles. The first-order chi connectivity index (χ1) is 12.3. The van der Waals surface area contributed by atoms with E-state index in [1.165, 1.54) is 42.5 Å². The summed E-state index contributed by atoms with van der Waals surface area (Å²) in [6.07, 6.45) is 1.34. The van der Waals surface area contributed by atoms with Gasteiger partial charge in [-0.25, -0.2) is 9.69 Å². The standard InChI is InChI=1S/C17H9Br2ClN2O4/c18-12-6-8(7-13(19)14(12)23)5-11-15(24)21-17(26)22(16(11)25)10-3-1-9(20)2-4-10/h1-7,23H,(H,21,24,26)/b11-5+. The van der Waals surface area contributed by atoms with Gasteiger partial charge < -0.3 is 5.11 Å². The van der Waals surface area contributed by atoms with Crippen molar-refractivity contribution in [1.29, 1.82) is 0 Å². The van der Waals surface area contributed by atoms with E-state index in [2.05, 4.69) is 37.2 Å². The van der Waals surface area contributed by atoms with Crippen molar-refractivity contribution in [3.8, 4) is 5.75 Å². The highest BCUT2D eigenvalue weighted by Crippen LogP contribution is 2.34. The molecule has 26 heavy (non-hydrogen) atoms. The number of carbonyl (C=O) groups is 3. The second kappa shape index (κ2) is 7.22. The van der Waals surface area contributed by atoms with Crippen molar-refractivity contribution in [1.82, 2.24) is 5.32 Å². The first kappa shape index (κ1) is 18.6. The van der Waals surface area contributed by atoms with Gasteiger partial charge in [0.05, 0.1) is 14.6 Å². The number of barbiturate groups is 1. The molecule has 0 aromatic heterocycles. The normalized spacial score (nSPS) is 16.2. The van der Waals surface area contributed by atoms with E-state index in [9.17, 15) is 19.5 Å². The number of aromatic hydroxyl groups is 1. The minimum Gasteiger partial charge on any atom is -0.506 e. The van der Waals surface area contributed by atoms with Gasteiger partial charge in [0, 0.05) is 5.02 Å². The average Bonchev–Trinajstić information content (AvgIpc) is 2.58. The predicted octanol–water partition coefficient (Wildman–Crippen LogP) is 4.24. The van der Waals surface area contributed by atoms with Gasteiger partial charge in [-0.1, -0.05) is 11.6 Å². The van der Waals surface area contributed by atoms with Crippen molar-refractivity contribution in [2.75, 3.05) is 4.90 Å². The van der Waals surface area contributed by atoms with E-state index in [0.717, 1.165) is 4.90 Å². The van der Waals surface area contributed by atoms with Crippen LogP contribution in [0.4, 0.5) is 10.5 Å². The van der Waals surface area contributed by atoms with Crippen molar-refractivity contribution in [2.24, 2.45) is 0 Å². The number of hydrogen-bond acceptors (Lipinski definition) is 4. The van der Waals surface area contributed by atoms with Crippen molar-refractivity contribution in [3.05, 3.63) is 61.5 Å². The van der Waals surface area contributed by atoms with Crippen LogP contribution in [0.3, 0.4) is 0 Å². The smallest absolute Gasteiger partial charge is 0.335 e. The molecule has 0 atom stereocenters. The molecule has 2 aromatic carbocycles. The molecular formula is C17H9Br2ClN2O4. The Morgan fingerprint density at radius 2 is 1.62 bits per heavy atom. The second-order valence-corrected chi connectivity index (χ2v) is 7.41. The van der Waals surface area contributed by atoms with Crippen LogP contribution in [0.25, 0.3) is 6.08 Å². The summed E-state index contributed by atoms with van der Waals surface area (Å²) >= 11 is 12.2. The maximum atomic E-state index is 12.7. The lowest BCUT2D eigenvalue weighted by molar-refractivity contribution is -0.122. The van der Waals surface area contributed by atoms with Crippen LogP contribution in [-0.2, 0) is 9.59 Å². The third-order valence-corrected chi connectivity index (χ3v) is 5.00. The Hall–Kier alpha value is -2.16. The molecule has 4 amide bonds. The topological polar surface area (TPSA) is 86.7 Å². The van der Waals surface area contributed by atoms with Gasteiger partial charge in [0.1, 0.15) is 11.3 Å². The molecule has 0 spiro atoms. The number of phenolic OH excluding ortho intramolecular Hbond substituents is 1. The maximum Gasteiger partial charge on any atom is 0.335 e. The van der Waals surface area contributed by atoms with E-state index in [0.29, 0.717) is 19.5 Å². The third kappa shape index (κ3) is 3.53. The number of rotatable bonds is 2. The maximum absolute atomic E-state index is 12.7. The molecule has 1 saturated heterocycles. The van der Waals surface area contributed by atoms with E-state index in [1.54, 1.807) is 0 Å².